The molecule has 6 nitrogen and oxygen atoms in total. The number of carbonyl (C=O) groups excluding carboxylic acids is 2. The Balaban J connectivity index is 1.69. The number of hydrogen-bond acceptors (Lipinski definition) is 3. The summed E-state index contributed by atoms with van der Waals surface area (Å²) in [6, 6.07) is 8.08. The van der Waals surface area contributed by atoms with Crippen molar-refractivity contribution in [2.45, 2.75) is 26.3 Å². The van der Waals surface area contributed by atoms with Crippen molar-refractivity contribution in [2.24, 2.45) is 11.7 Å². The van der Waals surface area contributed by atoms with Gasteiger partial charge in [-0.1, -0.05) is 31.2 Å². The van der Waals surface area contributed by atoms with E-state index in [9.17, 15) is 9.59 Å². The van der Waals surface area contributed by atoms with Gasteiger partial charge in [-0.25, -0.2) is 4.79 Å². The molecule has 6 heteroatoms. The zero-order valence-corrected chi connectivity index (χ0v) is 13.7. The van der Waals surface area contributed by atoms with Crippen molar-refractivity contribution >= 4 is 11.9 Å². The molecule has 1 heterocycles. The summed E-state index contributed by atoms with van der Waals surface area (Å²) < 4.78 is 0. The predicted octanol–water partition coefficient (Wildman–Crippen LogP) is 0.855. The van der Waals surface area contributed by atoms with Crippen LogP contribution in [0.15, 0.2) is 24.3 Å². The van der Waals surface area contributed by atoms with Gasteiger partial charge in [0.15, 0.2) is 0 Å². The second-order valence-corrected chi connectivity index (χ2v) is 6.07. The number of urea groups is 1. The molecular formula is C17H26N4O2. The number of hydrogen-bond donors (Lipinski definition) is 3. The van der Waals surface area contributed by atoms with Crippen LogP contribution in [0.1, 0.15) is 24.5 Å². The molecule has 1 aromatic carbocycles. The lowest BCUT2D eigenvalue weighted by Gasteiger charge is -2.28. The smallest absolute Gasteiger partial charge is 0.317 e. The van der Waals surface area contributed by atoms with Gasteiger partial charge in [0.05, 0.1) is 0 Å². The van der Waals surface area contributed by atoms with Crippen LogP contribution < -0.4 is 16.4 Å². The second-order valence-electron chi connectivity index (χ2n) is 6.07. The van der Waals surface area contributed by atoms with Gasteiger partial charge in [-0.05, 0) is 30.0 Å². The quantitative estimate of drug-likeness (QED) is 0.727. The second kappa shape index (κ2) is 8.53. The Morgan fingerprint density at radius 3 is 2.74 bits per heavy atom. The van der Waals surface area contributed by atoms with Crippen LogP contribution in [0.5, 0.6) is 0 Å². The van der Waals surface area contributed by atoms with Gasteiger partial charge < -0.3 is 21.3 Å². The minimum absolute atomic E-state index is 0.0606. The highest BCUT2D eigenvalue weighted by atomic mass is 16.2. The molecule has 0 saturated carbocycles. The standard InChI is InChI=1S/C17H26N4O2/c1-13(10-18)11-20-16(22)6-8-19-17(23)21-9-7-14-4-2-3-5-15(14)12-21/h2-5,13H,6-12,18H2,1H3,(H,19,23)(H,20,22). The number of rotatable bonds is 6. The lowest BCUT2D eigenvalue weighted by molar-refractivity contribution is -0.121. The third-order valence-corrected chi connectivity index (χ3v) is 4.10. The van der Waals surface area contributed by atoms with E-state index >= 15 is 0 Å². The van der Waals surface area contributed by atoms with E-state index in [0.717, 1.165) is 6.42 Å². The summed E-state index contributed by atoms with van der Waals surface area (Å²) in [6.07, 6.45) is 1.16. The van der Waals surface area contributed by atoms with E-state index in [1.54, 1.807) is 4.90 Å². The minimum Gasteiger partial charge on any atom is -0.356 e. The first-order valence-electron chi connectivity index (χ1n) is 8.16. The Bertz CT molecular complexity index is 547. The SMILES string of the molecule is CC(CN)CNC(=O)CCNC(=O)N1CCc2ccccc2C1. The van der Waals surface area contributed by atoms with Gasteiger partial charge in [0.1, 0.15) is 0 Å². The summed E-state index contributed by atoms with van der Waals surface area (Å²) in [6.45, 7) is 4.79. The Labute approximate surface area is 137 Å². The number of nitrogens with one attached hydrogen (secondary N) is 2. The van der Waals surface area contributed by atoms with Crippen LogP contribution in [0.3, 0.4) is 0 Å². The van der Waals surface area contributed by atoms with Crippen LogP contribution in [-0.4, -0.2) is 43.0 Å². The highest BCUT2D eigenvalue weighted by Gasteiger charge is 2.19. The van der Waals surface area contributed by atoms with E-state index in [0.29, 0.717) is 32.7 Å². The van der Waals surface area contributed by atoms with Crippen molar-refractivity contribution in [2.75, 3.05) is 26.2 Å². The maximum atomic E-state index is 12.2. The molecule has 0 saturated heterocycles. The van der Waals surface area contributed by atoms with Crippen molar-refractivity contribution in [3.05, 3.63) is 35.4 Å². The predicted molar refractivity (Wildman–Crippen MR) is 89.8 cm³/mol. The van der Waals surface area contributed by atoms with E-state index in [4.69, 9.17) is 5.73 Å². The maximum absolute atomic E-state index is 12.2. The molecular weight excluding hydrogens is 292 g/mol. The Morgan fingerprint density at radius 1 is 1.26 bits per heavy atom. The third-order valence-electron chi connectivity index (χ3n) is 4.10. The molecule has 2 rings (SSSR count). The first kappa shape index (κ1) is 17.3. The molecule has 126 valence electrons. The fourth-order valence-electron chi connectivity index (χ4n) is 2.52. The zero-order valence-electron chi connectivity index (χ0n) is 13.7. The molecule has 1 unspecified atom stereocenters. The normalized spacial score (nSPS) is 14.8. The number of fused-ring (bicyclic) bond motifs is 1. The van der Waals surface area contributed by atoms with Gasteiger partial charge >= 0.3 is 6.03 Å². The van der Waals surface area contributed by atoms with Crippen molar-refractivity contribution in [3.63, 3.8) is 0 Å². The molecule has 0 spiro atoms. The summed E-state index contributed by atoms with van der Waals surface area (Å²) >= 11 is 0. The lowest BCUT2D eigenvalue weighted by Crippen LogP contribution is -2.43. The average molecular weight is 318 g/mol. The van der Waals surface area contributed by atoms with Crippen molar-refractivity contribution < 1.29 is 9.59 Å². The maximum Gasteiger partial charge on any atom is 0.317 e. The van der Waals surface area contributed by atoms with Crippen LogP contribution in [0.4, 0.5) is 4.79 Å². The third kappa shape index (κ3) is 5.25. The van der Waals surface area contributed by atoms with E-state index in [1.165, 1.54) is 11.1 Å². The molecule has 0 fully saturated rings. The van der Waals surface area contributed by atoms with Crippen LogP contribution in [-0.2, 0) is 17.8 Å². The first-order chi connectivity index (χ1) is 11.1. The number of carbonyl (C=O) groups is 2. The van der Waals surface area contributed by atoms with Gasteiger partial charge in [0.25, 0.3) is 0 Å². The molecule has 4 N–H and O–H groups in total. The van der Waals surface area contributed by atoms with E-state index in [-0.39, 0.29) is 24.3 Å². The molecule has 1 aromatic rings. The molecule has 23 heavy (non-hydrogen) atoms. The van der Waals surface area contributed by atoms with E-state index in [2.05, 4.69) is 22.8 Å². The van der Waals surface area contributed by atoms with Gasteiger partial charge in [-0.2, -0.15) is 0 Å². The first-order valence-corrected chi connectivity index (χ1v) is 8.16. The molecule has 0 aromatic heterocycles. The minimum atomic E-state index is -0.109. The van der Waals surface area contributed by atoms with Crippen LogP contribution in [0.25, 0.3) is 0 Å². The fraction of sp³-hybridized carbons (Fsp3) is 0.529. The van der Waals surface area contributed by atoms with E-state index < -0.39 is 0 Å². The lowest BCUT2D eigenvalue weighted by atomic mass is 10.0. The molecule has 0 aliphatic carbocycles. The Hall–Kier alpha value is -2.08. The highest BCUT2D eigenvalue weighted by Crippen LogP contribution is 2.18. The zero-order chi connectivity index (χ0) is 16.7. The Kier molecular flexibility index (Phi) is 6.40. The molecule has 1 atom stereocenters. The number of nitrogens with two attached hydrogens (primary N) is 1. The number of amides is 3. The van der Waals surface area contributed by atoms with Crippen LogP contribution in [0, 0.1) is 5.92 Å². The average Bonchev–Trinajstić information content (AvgIpc) is 2.59. The highest BCUT2D eigenvalue weighted by molar-refractivity contribution is 5.78. The van der Waals surface area contributed by atoms with Crippen molar-refractivity contribution in [1.82, 2.24) is 15.5 Å². The monoisotopic (exact) mass is 318 g/mol. The van der Waals surface area contributed by atoms with Crippen molar-refractivity contribution in [3.8, 4) is 0 Å². The fourth-order valence-corrected chi connectivity index (χ4v) is 2.52. The number of benzene rings is 1. The topological polar surface area (TPSA) is 87.5 Å². The molecule has 0 bridgehead atoms. The molecule has 1 aliphatic rings. The molecule has 1 aliphatic heterocycles. The summed E-state index contributed by atoms with van der Waals surface area (Å²) in [4.78, 5) is 25.6. The molecule has 0 radical (unpaired) electrons. The van der Waals surface area contributed by atoms with E-state index in [1.807, 2.05) is 19.1 Å². The largest absolute Gasteiger partial charge is 0.356 e. The summed E-state index contributed by atoms with van der Waals surface area (Å²) in [5.74, 6) is 0.205. The van der Waals surface area contributed by atoms with Crippen LogP contribution in [0.2, 0.25) is 0 Å². The van der Waals surface area contributed by atoms with Gasteiger partial charge in [-0.15, -0.1) is 0 Å². The van der Waals surface area contributed by atoms with Gasteiger partial charge in [0, 0.05) is 32.6 Å². The summed E-state index contributed by atoms with van der Waals surface area (Å²) in [5, 5.41) is 5.63. The van der Waals surface area contributed by atoms with Crippen molar-refractivity contribution in [1.29, 1.82) is 0 Å². The Morgan fingerprint density at radius 2 is 2.00 bits per heavy atom. The van der Waals surface area contributed by atoms with Crippen LogP contribution >= 0.6 is 0 Å². The van der Waals surface area contributed by atoms with Gasteiger partial charge in [0.2, 0.25) is 5.91 Å². The summed E-state index contributed by atoms with van der Waals surface area (Å²) in [5.41, 5.74) is 8.01. The summed E-state index contributed by atoms with van der Waals surface area (Å²) in [7, 11) is 0. The molecule has 3 amide bonds. The number of nitrogens with zero attached hydrogens (tertiary/aromatic N) is 1. The van der Waals surface area contributed by atoms with Gasteiger partial charge in [-0.3, -0.25) is 4.79 Å².